The zero-order chi connectivity index (χ0) is 38.2. The molecule has 0 bridgehead atoms. The number of amides is 1. The summed E-state index contributed by atoms with van der Waals surface area (Å²) in [5.74, 6) is -4.17. The second-order valence-corrected chi connectivity index (χ2v) is 13.2. The number of alkyl halides is 8. The molecule has 1 spiro atoms. The van der Waals surface area contributed by atoms with Gasteiger partial charge >= 0.3 is 24.4 Å². The van der Waals surface area contributed by atoms with Gasteiger partial charge in [-0.15, -0.1) is 0 Å². The number of carboxylic acids is 1. The number of aromatic nitrogens is 3. The number of methoxy groups -OCH3 is 1. The molecule has 2 aliphatic heterocycles. The Morgan fingerprint density at radius 2 is 1.60 bits per heavy atom. The highest BCUT2D eigenvalue weighted by Crippen LogP contribution is 2.58. The molecule has 2 saturated heterocycles. The van der Waals surface area contributed by atoms with Gasteiger partial charge in [0.25, 0.3) is 5.92 Å². The van der Waals surface area contributed by atoms with E-state index in [-0.39, 0.29) is 53.1 Å². The Balaban J connectivity index is 1.31. The fourth-order valence-corrected chi connectivity index (χ4v) is 6.77. The number of anilines is 1. The lowest BCUT2D eigenvalue weighted by atomic mass is 9.94. The zero-order valence-corrected chi connectivity index (χ0v) is 27.6. The molecule has 3 fully saturated rings. The Hall–Kier alpha value is -5.55. The van der Waals surface area contributed by atoms with Gasteiger partial charge in [0.2, 0.25) is 11.8 Å². The van der Waals surface area contributed by atoms with Crippen molar-refractivity contribution >= 4 is 18.0 Å². The van der Waals surface area contributed by atoms with Gasteiger partial charge in [0, 0.05) is 29.1 Å². The Morgan fingerprint density at radius 1 is 0.943 bits per heavy atom. The predicted octanol–water partition coefficient (Wildman–Crippen LogP) is 7.94. The maximum atomic E-state index is 13.9. The molecular weight excluding hydrogens is 722 g/mol. The number of hydrogen-bond acceptors (Lipinski definition) is 8. The fraction of sp³-hybridized carbons (Fsp3) is 0.343. The van der Waals surface area contributed by atoms with Crippen LogP contribution in [0, 0.1) is 6.92 Å². The topological polar surface area (TPSA) is 118 Å². The number of pyridine rings is 1. The third-order valence-corrected chi connectivity index (χ3v) is 9.55. The van der Waals surface area contributed by atoms with Crippen molar-refractivity contribution in [2.45, 2.75) is 56.2 Å². The van der Waals surface area contributed by atoms with E-state index in [1.54, 1.807) is 19.1 Å². The molecule has 1 N–H and O–H groups in total. The molecule has 4 aromatic rings. The Morgan fingerprint density at radius 3 is 2.15 bits per heavy atom. The highest BCUT2D eigenvalue weighted by molar-refractivity contribution is 5.89. The lowest BCUT2D eigenvalue weighted by Gasteiger charge is -2.38. The first-order chi connectivity index (χ1) is 24.8. The van der Waals surface area contributed by atoms with E-state index in [2.05, 4.69) is 15.0 Å². The average Bonchev–Trinajstić information content (AvgIpc) is 3.83. The number of benzene rings is 2. The molecular formula is C35H27F8N5O5. The quantitative estimate of drug-likeness (QED) is 0.179. The molecule has 53 heavy (non-hydrogen) atoms. The van der Waals surface area contributed by atoms with E-state index >= 15 is 0 Å². The molecule has 1 atom stereocenters. The van der Waals surface area contributed by atoms with Crippen molar-refractivity contribution < 1.29 is 59.3 Å². The number of aromatic carboxylic acids is 1. The van der Waals surface area contributed by atoms with Gasteiger partial charge in [-0.05, 0) is 72.9 Å². The lowest BCUT2D eigenvalue weighted by molar-refractivity contribution is -0.143. The van der Waals surface area contributed by atoms with Crippen LogP contribution in [-0.2, 0) is 23.6 Å². The third-order valence-electron chi connectivity index (χ3n) is 9.55. The Kier molecular flexibility index (Phi) is 8.29. The number of cyclic esters (lactones) is 1. The van der Waals surface area contributed by atoms with E-state index in [1.165, 1.54) is 41.4 Å². The van der Waals surface area contributed by atoms with Crippen molar-refractivity contribution in [3.8, 4) is 28.1 Å². The molecule has 10 nitrogen and oxygen atoms in total. The summed E-state index contributed by atoms with van der Waals surface area (Å²) < 4.78 is 121. The second-order valence-electron chi connectivity index (χ2n) is 13.2. The number of rotatable bonds is 8. The molecule has 1 amide bonds. The monoisotopic (exact) mass is 749 g/mol. The van der Waals surface area contributed by atoms with E-state index in [0.29, 0.717) is 28.8 Å². The van der Waals surface area contributed by atoms with E-state index in [4.69, 9.17) is 9.47 Å². The summed E-state index contributed by atoms with van der Waals surface area (Å²) in [4.78, 5) is 40.6. The molecule has 2 aromatic carbocycles. The van der Waals surface area contributed by atoms with Crippen LogP contribution in [0.5, 0.6) is 5.88 Å². The molecule has 4 heterocycles. The van der Waals surface area contributed by atoms with E-state index in [0.717, 1.165) is 0 Å². The third kappa shape index (κ3) is 6.54. The Bertz CT molecular complexity index is 2110. The number of halogens is 8. The molecule has 1 saturated carbocycles. The first-order valence-corrected chi connectivity index (χ1v) is 15.9. The number of carbonyl (C=O) groups excluding carboxylic acids is 1. The molecule has 7 rings (SSSR count). The maximum absolute atomic E-state index is 13.9. The summed E-state index contributed by atoms with van der Waals surface area (Å²) in [6.07, 6.45) is -9.67. The van der Waals surface area contributed by atoms with E-state index < -0.39 is 78.3 Å². The number of hydrogen-bond donors (Lipinski definition) is 1. The summed E-state index contributed by atoms with van der Waals surface area (Å²) in [6, 6.07) is 7.17. The highest BCUT2D eigenvalue weighted by atomic mass is 19.4. The smallest absolute Gasteiger partial charge is 0.416 e. The minimum atomic E-state index is -5.13. The number of aryl methyl sites for hydroxylation is 1. The van der Waals surface area contributed by atoms with Crippen LogP contribution in [0.2, 0.25) is 0 Å². The summed E-state index contributed by atoms with van der Waals surface area (Å²) >= 11 is 0. The van der Waals surface area contributed by atoms with E-state index in [1.807, 2.05) is 0 Å². The molecule has 1 aliphatic carbocycles. The number of carbonyl (C=O) groups is 2. The zero-order valence-electron chi connectivity index (χ0n) is 27.6. The molecule has 0 unspecified atom stereocenters. The van der Waals surface area contributed by atoms with Gasteiger partial charge < -0.3 is 19.5 Å². The van der Waals surface area contributed by atoms with Gasteiger partial charge in [-0.25, -0.2) is 33.3 Å². The molecule has 0 radical (unpaired) electrons. The standard InChI is InChI=1S/C35H27F8N5O5/c1-17-7-18(29(49)50)3-4-23(17)20-10-24(28(52-2)44-12-20)25-13-45-30(47-15-33(36,37)16-47)46-26(25)14-48-31(51)53-27(32(48)5-6-32)19-8-21(34(38,39)40)11-22(9-19)35(41,42)43/h3-4,7-13,27H,5-6,14-16H2,1-2H3,(H,49,50)/t27-/m1/s1. The van der Waals surface area contributed by atoms with Crippen LogP contribution in [0.1, 0.15) is 57.3 Å². The largest absolute Gasteiger partial charge is 0.481 e. The van der Waals surface area contributed by atoms with Crippen LogP contribution in [0.3, 0.4) is 0 Å². The molecule has 18 heteroatoms. The van der Waals surface area contributed by atoms with Crippen LogP contribution in [0.4, 0.5) is 45.9 Å². The molecule has 278 valence electrons. The van der Waals surface area contributed by atoms with Gasteiger partial charge in [-0.2, -0.15) is 26.3 Å². The SMILES string of the molecule is COc1ncc(-c2ccc(C(=O)O)cc2C)cc1-c1cnc(N2CC(F)(F)C2)nc1CN1C(=O)O[C@H](c2cc(C(F)(F)F)cc(C(F)(F)F)c2)C12CC2. The van der Waals surface area contributed by atoms with Crippen LogP contribution >= 0.6 is 0 Å². The second kappa shape index (κ2) is 12.3. The van der Waals surface area contributed by atoms with E-state index in [9.17, 15) is 49.8 Å². The first kappa shape index (κ1) is 35.8. The van der Waals surface area contributed by atoms with Crippen LogP contribution in [0.15, 0.2) is 54.9 Å². The van der Waals surface area contributed by atoms with Crippen molar-refractivity contribution in [1.29, 1.82) is 0 Å². The van der Waals surface area contributed by atoms with Gasteiger partial charge in [-0.3, -0.25) is 4.90 Å². The maximum Gasteiger partial charge on any atom is 0.416 e. The molecule has 3 aliphatic rings. The van der Waals surface area contributed by atoms with Gasteiger partial charge in [0.1, 0.15) is 0 Å². The summed E-state index contributed by atoms with van der Waals surface area (Å²) in [6.45, 7) is -0.0845. The highest BCUT2D eigenvalue weighted by Gasteiger charge is 2.64. The van der Waals surface area contributed by atoms with Crippen LogP contribution in [-0.4, -0.2) is 68.7 Å². The first-order valence-electron chi connectivity index (χ1n) is 15.9. The minimum Gasteiger partial charge on any atom is -0.481 e. The number of nitrogens with zero attached hydrogens (tertiary/aromatic N) is 5. The van der Waals surface area contributed by atoms with Crippen molar-refractivity contribution in [1.82, 2.24) is 19.9 Å². The van der Waals surface area contributed by atoms with Gasteiger partial charge in [-0.1, -0.05) is 6.07 Å². The minimum absolute atomic E-state index is 0.0107. The van der Waals surface area contributed by atoms with Gasteiger partial charge in [0.15, 0.2) is 6.10 Å². The fourth-order valence-electron chi connectivity index (χ4n) is 6.77. The molecule has 2 aromatic heterocycles. The van der Waals surface area contributed by atoms with Crippen LogP contribution in [0.25, 0.3) is 22.3 Å². The van der Waals surface area contributed by atoms with Crippen molar-refractivity contribution in [3.05, 3.63) is 88.4 Å². The Labute approximate surface area is 295 Å². The van der Waals surface area contributed by atoms with Gasteiger partial charge in [0.05, 0.1) is 54.7 Å². The number of ether oxygens (including phenoxy) is 2. The van der Waals surface area contributed by atoms with Crippen molar-refractivity contribution in [2.75, 3.05) is 25.1 Å². The summed E-state index contributed by atoms with van der Waals surface area (Å²) in [5.41, 5.74) is -2.61. The van der Waals surface area contributed by atoms with Crippen LogP contribution < -0.4 is 9.64 Å². The summed E-state index contributed by atoms with van der Waals surface area (Å²) in [7, 11) is 1.33. The summed E-state index contributed by atoms with van der Waals surface area (Å²) in [5, 5.41) is 9.41. The normalized spacial score (nSPS) is 18.9. The van der Waals surface area contributed by atoms with Crippen molar-refractivity contribution in [2.24, 2.45) is 0 Å². The predicted molar refractivity (Wildman–Crippen MR) is 169 cm³/mol. The van der Waals surface area contributed by atoms with Crippen molar-refractivity contribution in [3.63, 3.8) is 0 Å². The number of carboxylic acid groups (broad SMARTS) is 1. The average molecular weight is 750 g/mol. The lowest BCUT2D eigenvalue weighted by Crippen LogP contribution is -2.57.